The maximum atomic E-state index is 12.2. The van der Waals surface area contributed by atoms with Crippen molar-refractivity contribution < 1.29 is 19.1 Å². The van der Waals surface area contributed by atoms with E-state index in [1.54, 1.807) is 45.5 Å². The highest BCUT2D eigenvalue weighted by Gasteiger charge is 2.12. The number of hydrogen-bond donors (Lipinski definition) is 1. The predicted octanol–water partition coefficient (Wildman–Crippen LogP) is 3.58. The highest BCUT2D eigenvalue weighted by Crippen LogP contribution is 2.28. The summed E-state index contributed by atoms with van der Waals surface area (Å²) in [5, 5.41) is 2.76. The molecule has 2 amide bonds. The Kier molecular flexibility index (Phi) is 7.43. The Hall–Kier alpha value is -2.80. The van der Waals surface area contributed by atoms with Crippen molar-refractivity contribution in [1.29, 1.82) is 0 Å². The second kappa shape index (κ2) is 9.78. The van der Waals surface area contributed by atoms with E-state index in [0.717, 1.165) is 10.0 Å². The van der Waals surface area contributed by atoms with Gasteiger partial charge < -0.3 is 19.7 Å². The van der Waals surface area contributed by atoms with Gasteiger partial charge in [-0.2, -0.15) is 0 Å². The average molecular weight is 433 g/mol. The molecule has 27 heavy (non-hydrogen) atoms. The molecule has 0 radical (unpaired) electrons. The third-order valence-electron chi connectivity index (χ3n) is 3.73. The van der Waals surface area contributed by atoms with Crippen LogP contribution in [0.1, 0.15) is 5.56 Å². The second-order valence-corrected chi connectivity index (χ2v) is 6.52. The zero-order valence-corrected chi connectivity index (χ0v) is 16.9. The summed E-state index contributed by atoms with van der Waals surface area (Å²) in [6, 6.07) is 12.6. The fourth-order valence-electron chi connectivity index (χ4n) is 2.30. The lowest BCUT2D eigenvalue weighted by atomic mass is 10.2. The SMILES string of the molecule is COc1ccc(C=CC(=O)N(C)CC(=O)Nc2ccccc2Br)cc1OC. The number of carbonyl (C=O) groups excluding carboxylic acids is 2. The van der Waals surface area contributed by atoms with Crippen LogP contribution in [0.3, 0.4) is 0 Å². The van der Waals surface area contributed by atoms with Crippen LogP contribution in [-0.4, -0.2) is 44.5 Å². The van der Waals surface area contributed by atoms with Crippen LogP contribution in [0.5, 0.6) is 11.5 Å². The molecule has 0 aromatic heterocycles. The number of benzene rings is 2. The first-order chi connectivity index (χ1) is 12.9. The third-order valence-corrected chi connectivity index (χ3v) is 4.42. The first kappa shape index (κ1) is 20.5. The first-order valence-corrected chi connectivity index (χ1v) is 8.93. The van der Waals surface area contributed by atoms with E-state index in [-0.39, 0.29) is 18.4 Å². The van der Waals surface area contributed by atoms with Gasteiger partial charge in [0.15, 0.2) is 11.5 Å². The van der Waals surface area contributed by atoms with Gasteiger partial charge in [-0.25, -0.2) is 0 Å². The number of para-hydroxylation sites is 1. The van der Waals surface area contributed by atoms with Gasteiger partial charge in [0.05, 0.1) is 26.5 Å². The summed E-state index contributed by atoms with van der Waals surface area (Å²) in [6.45, 7) is -0.0591. The van der Waals surface area contributed by atoms with Gasteiger partial charge in [-0.05, 0) is 51.8 Å². The molecule has 0 aliphatic carbocycles. The van der Waals surface area contributed by atoms with Crippen molar-refractivity contribution in [1.82, 2.24) is 4.90 Å². The van der Waals surface area contributed by atoms with Crippen molar-refractivity contribution in [3.8, 4) is 11.5 Å². The van der Waals surface area contributed by atoms with Crippen LogP contribution in [0.25, 0.3) is 6.08 Å². The molecular formula is C20H21BrN2O4. The first-order valence-electron chi connectivity index (χ1n) is 8.14. The minimum absolute atomic E-state index is 0.0591. The van der Waals surface area contributed by atoms with Gasteiger partial charge in [-0.3, -0.25) is 9.59 Å². The van der Waals surface area contributed by atoms with E-state index in [4.69, 9.17) is 9.47 Å². The summed E-state index contributed by atoms with van der Waals surface area (Å²) in [5.41, 5.74) is 1.44. The molecule has 0 aliphatic rings. The number of ether oxygens (including phenoxy) is 2. The minimum Gasteiger partial charge on any atom is -0.493 e. The van der Waals surface area contributed by atoms with E-state index in [0.29, 0.717) is 17.2 Å². The molecule has 0 atom stereocenters. The van der Waals surface area contributed by atoms with Gasteiger partial charge in [-0.1, -0.05) is 18.2 Å². The molecule has 2 aromatic carbocycles. The van der Waals surface area contributed by atoms with Gasteiger partial charge >= 0.3 is 0 Å². The summed E-state index contributed by atoms with van der Waals surface area (Å²) >= 11 is 3.37. The molecule has 0 bridgehead atoms. The maximum Gasteiger partial charge on any atom is 0.246 e. The zero-order chi connectivity index (χ0) is 19.8. The Morgan fingerprint density at radius 2 is 1.81 bits per heavy atom. The van der Waals surface area contributed by atoms with Crippen LogP contribution < -0.4 is 14.8 Å². The quantitative estimate of drug-likeness (QED) is 0.678. The highest BCUT2D eigenvalue weighted by atomic mass is 79.9. The van der Waals surface area contributed by atoms with Gasteiger partial charge in [-0.15, -0.1) is 0 Å². The average Bonchev–Trinajstić information content (AvgIpc) is 2.67. The molecule has 0 spiro atoms. The maximum absolute atomic E-state index is 12.2. The number of methoxy groups -OCH3 is 2. The van der Waals surface area contributed by atoms with Crippen LogP contribution in [0.15, 0.2) is 53.0 Å². The van der Waals surface area contributed by atoms with E-state index in [1.165, 1.54) is 11.0 Å². The van der Waals surface area contributed by atoms with Gasteiger partial charge in [0.2, 0.25) is 11.8 Å². The van der Waals surface area contributed by atoms with Crippen molar-refractivity contribution in [2.24, 2.45) is 0 Å². The van der Waals surface area contributed by atoms with Crippen LogP contribution in [0, 0.1) is 0 Å². The van der Waals surface area contributed by atoms with Crippen LogP contribution in [0.4, 0.5) is 5.69 Å². The number of nitrogens with one attached hydrogen (secondary N) is 1. The van der Waals surface area contributed by atoms with Gasteiger partial charge in [0.1, 0.15) is 0 Å². The van der Waals surface area contributed by atoms with Gasteiger partial charge in [0.25, 0.3) is 0 Å². The van der Waals surface area contributed by atoms with E-state index in [2.05, 4.69) is 21.2 Å². The molecule has 0 unspecified atom stereocenters. The zero-order valence-electron chi connectivity index (χ0n) is 15.4. The van der Waals surface area contributed by atoms with Crippen LogP contribution in [0.2, 0.25) is 0 Å². The lowest BCUT2D eigenvalue weighted by molar-refractivity contribution is -0.129. The van der Waals surface area contributed by atoms with E-state index < -0.39 is 0 Å². The molecule has 0 saturated heterocycles. The van der Waals surface area contributed by atoms with Crippen molar-refractivity contribution in [2.75, 3.05) is 33.1 Å². The molecule has 2 rings (SSSR count). The van der Waals surface area contributed by atoms with Crippen molar-refractivity contribution >= 4 is 39.5 Å². The number of amides is 2. The summed E-state index contributed by atoms with van der Waals surface area (Å²) in [4.78, 5) is 25.7. The largest absolute Gasteiger partial charge is 0.493 e. The minimum atomic E-state index is -0.285. The van der Waals surface area contributed by atoms with Gasteiger partial charge in [0, 0.05) is 17.6 Å². The molecule has 0 aliphatic heterocycles. The standard InChI is InChI=1S/C20H21BrN2O4/c1-23(13-19(24)22-16-7-5-4-6-15(16)21)20(25)11-9-14-8-10-17(26-2)18(12-14)27-3/h4-12H,13H2,1-3H3,(H,22,24). The number of likely N-dealkylation sites (N-methyl/N-ethyl adjacent to an activating group) is 1. The molecule has 7 heteroatoms. The molecule has 0 saturated carbocycles. The normalized spacial score (nSPS) is 10.5. The van der Waals surface area contributed by atoms with Crippen LogP contribution >= 0.6 is 15.9 Å². The Labute approximate surface area is 166 Å². The fourth-order valence-corrected chi connectivity index (χ4v) is 2.68. The van der Waals surface area contributed by atoms with E-state index in [9.17, 15) is 9.59 Å². The van der Waals surface area contributed by atoms with E-state index in [1.807, 2.05) is 24.3 Å². The van der Waals surface area contributed by atoms with Crippen molar-refractivity contribution in [3.63, 3.8) is 0 Å². The lowest BCUT2D eigenvalue weighted by Crippen LogP contribution is -2.33. The second-order valence-electron chi connectivity index (χ2n) is 5.67. The molecule has 6 nitrogen and oxygen atoms in total. The Bertz CT molecular complexity index is 852. The number of carbonyl (C=O) groups is 2. The Morgan fingerprint density at radius 3 is 2.48 bits per heavy atom. The molecule has 2 aromatic rings. The lowest BCUT2D eigenvalue weighted by Gasteiger charge is -2.15. The van der Waals surface area contributed by atoms with Crippen molar-refractivity contribution in [2.45, 2.75) is 0 Å². The van der Waals surface area contributed by atoms with Crippen molar-refractivity contribution in [3.05, 3.63) is 58.6 Å². The Morgan fingerprint density at radius 1 is 1.11 bits per heavy atom. The number of halogens is 1. The summed E-state index contributed by atoms with van der Waals surface area (Å²) in [5.74, 6) is 0.624. The summed E-state index contributed by atoms with van der Waals surface area (Å²) < 4.78 is 11.2. The number of nitrogens with zero attached hydrogens (tertiary/aromatic N) is 1. The number of anilines is 1. The monoisotopic (exact) mass is 432 g/mol. The third kappa shape index (κ3) is 5.86. The highest BCUT2D eigenvalue weighted by molar-refractivity contribution is 9.10. The number of rotatable bonds is 7. The molecular weight excluding hydrogens is 412 g/mol. The summed E-state index contributed by atoms with van der Waals surface area (Å²) in [7, 11) is 4.68. The molecule has 0 fully saturated rings. The smallest absolute Gasteiger partial charge is 0.246 e. The topological polar surface area (TPSA) is 67.9 Å². The van der Waals surface area contributed by atoms with E-state index >= 15 is 0 Å². The molecule has 1 N–H and O–H groups in total. The Balaban J connectivity index is 1.96. The molecule has 0 heterocycles. The molecule has 142 valence electrons. The summed E-state index contributed by atoms with van der Waals surface area (Å²) in [6.07, 6.45) is 3.07. The fraction of sp³-hybridized carbons (Fsp3) is 0.200. The van der Waals surface area contributed by atoms with Crippen LogP contribution in [-0.2, 0) is 9.59 Å². The predicted molar refractivity (Wildman–Crippen MR) is 109 cm³/mol. The number of hydrogen-bond acceptors (Lipinski definition) is 4.